The van der Waals surface area contributed by atoms with Crippen LogP contribution in [-0.4, -0.2) is 6.71 Å². The zero-order valence-corrected chi connectivity index (χ0v) is 33.7. The van der Waals surface area contributed by atoms with Crippen molar-refractivity contribution in [2.75, 3.05) is 0 Å². The molecule has 2 aliphatic heterocycles. The monoisotopic (exact) mass is 782 g/mol. The molecule has 0 nitrogen and oxygen atoms in total. The number of rotatable bonds is 4. The second-order valence-electron chi connectivity index (χ2n) is 16.2. The molecule has 2 aliphatic carbocycles. The van der Waals surface area contributed by atoms with E-state index in [1.807, 2.05) is 23.5 Å². The van der Waals surface area contributed by atoms with Crippen LogP contribution < -0.4 is 16.4 Å². The molecule has 0 radical (unpaired) electrons. The Balaban J connectivity index is 1.14. The lowest BCUT2D eigenvalue weighted by Gasteiger charge is -2.40. The van der Waals surface area contributed by atoms with E-state index < -0.39 is 10.8 Å². The first-order chi connectivity index (χ1) is 29.3. The minimum atomic E-state index is -0.483. The highest BCUT2D eigenvalue weighted by Gasteiger charge is 2.53. The summed E-state index contributed by atoms with van der Waals surface area (Å²) in [5.41, 5.74) is 19.3. The van der Waals surface area contributed by atoms with Gasteiger partial charge in [-0.25, -0.2) is 0 Å². The smallest absolute Gasteiger partial charge is 0.0908 e. The van der Waals surface area contributed by atoms with Gasteiger partial charge >= 0.3 is 0 Å². The van der Waals surface area contributed by atoms with Crippen LogP contribution in [0.25, 0.3) is 22.3 Å². The number of fused-ring (bicyclic) bond motifs is 12. The predicted octanol–water partition coefficient (Wildman–Crippen LogP) is 11.9. The van der Waals surface area contributed by atoms with Gasteiger partial charge < -0.3 is 0 Å². The summed E-state index contributed by atoms with van der Waals surface area (Å²) < 4.78 is 0. The van der Waals surface area contributed by atoms with Gasteiger partial charge in [0.25, 0.3) is 0 Å². The van der Waals surface area contributed by atoms with Gasteiger partial charge in [-0.1, -0.05) is 235 Å². The van der Waals surface area contributed by atoms with Crippen molar-refractivity contribution in [3.8, 4) is 22.3 Å². The molecule has 0 amide bonds. The lowest BCUT2D eigenvalue weighted by Crippen LogP contribution is -2.59. The fourth-order valence-electron chi connectivity index (χ4n) is 11.4. The van der Waals surface area contributed by atoms with Crippen molar-refractivity contribution in [2.24, 2.45) is 0 Å². The number of hydrogen-bond donors (Lipinski definition) is 0. The van der Waals surface area contributed by atoms with Crippen LogP contribution in [0.1, 0.15) is 44.5 Å². The summed E-state index contributed by atoms with van der Waals surface area (Å²) >= 11 is 3.97. The van der Waals surface area contributed by atoms with Gasteiger partial charge in [0.05, 0.1) is 10.8 Å². The van der Waals surface area contributed by atoms with Crippen LogP contribution in [0.15, 0.2) is 232 Å². The van der Waals surface area contributed by atoms with Gasteiger partial charge in [0.15, 0.2) is 0 Å². The molecule has 0 bridgehead atoms. The average molecular weight is 783 g/mol. The van der Waals surface area contributed by atoms with E-state index in [1.54, 1.807) is 0 Å². The largest absolute Gasteiger partial charge is 0.247 e. The van der Waals surface area contributed by atoms with Crippen LogP contribution >= 0.6 is 23.5 Å². The summed E-state index contributed by atoms with van der Waals surface area (Å²) in [6.07, 6.45) is 0. The molecule has 0 spiro atoms. The Hall–Kier alpha value is -6.26. The Kier molecular flexibility index (Phi) is 7.21. The van der Waals surface area contributed by atoms with Crippen molar-refractivity contribution in [3.05, 3.63) is 257 Å². The summed E-state index contributed by atoms with van der Waals surface area (Å²) in [5, 5.41) is 0. The van der Waals surface area contributed by atoms with E-state index in [0.717, 1.165) is 0 Å². The standard InChI is InChI=1S/C56H35BS2/c1-5-18-36(19-6-1)55(37-20-7-2-8-21-37)44-28-15-13-26-40(44)42-32-34-46-53(50(42)55)58-48-30-17-31-49-52(48)57(46)47-35-33-43-41-27-14-16-29-45(41)56(51(43)54(47)59-49,38-22-9-3-10-23-38)39-24-11-4-12-25-39/h1-35H. The lowest BCUT2D eigenvalue weighted by molar-refractivity contribution is 0.752. The third-order valence-electron chi connectivity index (χ3n) is 13.6. The molecule has 0 saturated carbocycles. The van der Waals surface area contributed by atoms with Gasteiger partial charge in [-0.2, -0.15) is 0 Å². The van der Waals surface area contributed by atoms with Gasteiger partial charge in [-0.05, 0) is 84.4 Å². The summed E-state index contributed by atoms with van der Waals surface area (Å²) in [6, 6.07) is 80.3. The molecule has 0 saturated heterocycles. The molecule has 13 rings (SSSR count). The minimum absolute atomic E-state index is 0.0743. The zero-order chi connectivity index (χ0) is 38.7. The van der Waals surface area contributed by atoms with Gasteiger partial charge in [0, 0.05) is 19.6 Å². The van der Waals surface area contributed by atoms with E-state index in [2.05, 4.69) is 212 Å². The maximum Gasteiger partial charge on any atom is 0.247 e. The second-order valence-corrected chi connectivity index (χ2v) is 18.3. The van der Waals surface area contributed by atoms with E-state index in [0.29, 0.717) is 0 Å². The maximum absolute atomic E-state index is 2.48. The van der Waals surface area contributed by atoms with Crippen molar-refractivity contribution in [2.45, 2.75) is 30.4 Å². The molecule has 2 heterocycles. The molecule has 274 valence electrons. The van der Waals surface area contributed by atoms with Crippen molar-refractivity contribution in [1.29, 1.82) is 0 Å². The molecule has 0 fully saturated rings. The molecule has 0 atom stereocenters. The van der Waals surface area contributed by atoms with Gasteiger partial charge in [-0.3, -0.25) is 0 Å². The Morgan fingerprint density at radius 1 is 0.305 bits per heavy atom. The van der Waals surface area contributed by atoms with Crippen molar-refractivity contribution in [1.82, 2.24) is 0 Å². The van der Waals surface area contributed by atoms with E-state index in [1.165, 1.54) is 103 Å². The first kappa shape index (κ1) is 33.7. The second kappa shape index (κ2) is 12.6. The van der Waals surface area contributed by atoms with Crippen molar-refractivity contribution < 1.29 is 0 Å². The van der Waals surface area contributed by atoms with E-state index in [4.69, 9.17) is 0 Å². The Morgan fingerprint density at radius 2 is 0.661 bits per heavy atom. The van der Waals surface area contributed by atoms with Crippen LogP contribution in [0, 0.1) is 0 Å². The van der Waals surface area contributed by atoms with Crippen molar-refractivity contribution >= 4 is 46.6 Å². The van der Waals surface area contributed by atoms with E-state index in [-0.39, 0.29) is 6.71 Å². The zero-order valence-electron chi connectivity index (χ0n) is 32.1. The lowest BCUT2D eigenvalue weighted by atomic mass is 9.36. The molecule has 9 aromatic carbocycles. The molecule has 59 heavy (non-hydrogen) atoms. The number of hydrogen-bond acceptors (Lipinski definition) is 2. The number of benzene rings is 9. The fourth-order valence-corrected chi connectivity index (χ4v) is 14.2. The fraction of sp³-hybridized carbons (Fsp3) is 0.0357. The van der Waals surface area contributed by atoms with Crippen LogP contribution in [0.2, 0.25) is 0 Å². The van der Waals surface area contributed by atoms with Crippen molar-refractivity contribution in [3.63, 3.8) is 0 Å². The highest BCUT2D eigenvalue weighted by Crippen LogP contribution is 2.61. The first-order valence-electron chi connectivity index (χ1n) is 20.5. The normalized spacial score (nSPS) is 15.2. The van der Waals surface area contributed by atoms with Gasteiger partial charge in [0.2, 0.25) is 6.71 Å². The van der Waals surface area contributed by atoms with Crippen LogP contribution in [0.4, 0.5) is 0 Å². The summed E-state index contributed by atoms with van der Waals surface area (Å²) in [5.74, 6) is 0. The molecule has 4 aliphatic rings. The maximum atomic E-state index is 2.48. The quantitative estimate of drug-likeness (QED) is 0.163. The highest BCUT2D eigenvalue weighted by atomic mass is 32.2. The Labute approximate surface area is 354 Å². The molecule has 0 unspecified atom stereocenters. The average Bonchev–Trinajstić information content (AvgIpc) is 3.80. The molecule has 0 aromatic heterocycles. The van der Waals surface area contributed by atoms with Crippen LogP contribution in [0.3, 0.4) is 0 Å². The summed E-state index contributed by atoms with van der Waals surface area (Å²) in [4.78, 5) is 5.50. The SMILES string of the molecule is c1ccc(C2(c3ccccc3)c3ccccc3-c3ccc4c(c32)Sc2cccc3c2B4c2ccc4c(c2S3)C(c2ccccc2)(c2ccccc2)c2ccccc2-4)cc1. The topological polar surface area (TPSA) is 0 Å². The molecular formula is C56H35BS2. The summed E-state index contributed by atoms with van der Waals surface area (Å²) in [7, 11) is 0. The third-order valence-corrected chi connectivity index (χ3v) is 16.0. The predicted molar refractivity (Wildman–Crippen MR) is 247 cm³/mol. The summed E-state index contributed by atoms with van der Waals surface area (Å²) in [6.45, 7) is 0.0743. The first-order valence-corrected chi connectivity index (χ1v) is 22.2. The van der Waals surface area contributed by atoms with Crippen LogP contribution in [0.5, 0.6) is 0 Å². The minimum Gasteiger partial charge on any atom is -0.0908 e. The van der Waals surface area contributed by atoms with E-state index in [9.17, 15) is 0 Å². The Bertz CT molecular complexity index is 2870. The van der Waals surface area contributed by atoms with Gasteiger partial charge in [0.1, 0.15) is 0 Å². The van der Waals surface area contributed by atoms with Crippen LogP contribution in [-0.2, 0) is 10.8 Å². The Morgan fingerprint density at radius 3 is 1.05 bits per heavy atom. The molecule has 9 aromatic rings. The molecule has 3 heteroatoms. The molecule has 0 N–H and O–H groups in total. The highest BCUT2D eigenvalue weighted by molar-refractivity contribution is 8.01. The van der Waals surface area contributed by atoms with Gasteiger partial charge in [-0.15, -0.1) is 0 Å². The molecular weight excluding hydrogens is 748 g/mol. The van der Waals surface area contributed by atoms with E-state index >= 15 is 0 Å². The third kappa shape index (κ3) is 4.34.